The van der Waals surface area contributed by atoms with Crippen molar-refractivity contribution in [2.24, 2.45) is 0 Å². The molecule has 2 rings (SSSR count). The number of rotatable bonds is 1. The topological polar surface area (TPSA) is 56.5 Å². The molecule has 12 heavy (non-hydrogen) atoms. The molecule has 64 valence electrons. The average molecular weight is 166 g/mol. The van der Waals surface area contributed by atoms with Gasteiger partial charge in [-0.25, -0.2) is 0 Å². The molecule has 0 fully saturated rings. The van der Waals surface area contributed by atoms with Crippen LogP contribution in [-0.4, -0.2) is 13.8 Å². The number of hydrogen-bond acceptors (Lipinski definition) is 4. The van der Waals surface area contributed by atoms with Gasteiger partial charge in [-0.3, -0.25) is 0 Å². The molecule has 1 aromatic carbocycles. The summed E-state index contributed by atoms with van der Waals surface area (Å²) >= 11 is 0. The summed E-state index contributed by atoms with van der Waals surface area (Å²) in [5.41, 5.74) is 7.23. The van der Waals surface area contributed by atoms with Gasteiger partial charge < -0.3 is 20.5 Å². The molecule has 1 aliphatic rings. The molecule has 0 bridgehead atoms. The quantitative estimate of drug-likeness (QED) is 0.612. The first-order valence-corrected chi connectivity index (χ1v) is 3.68. The fourth-order valence-electron chi connectivity index (χ4n) is 1.17. The normalized spacial score (nSPS) is 13.1. The van der Waals surface area contributed by atoms with E-state index >= 15 is 0 Å². The highest BCUT2D eigenvalue weighted by atomic mass is 16.7. The van der Waals surface area contributed by atoms with E-state index in [-0.39, 0.29) is 6.79 Å². The Hall–Kier alpha value is -1.58. The number of nitrogens with one attached hydrogen (secondary N) is 1. The van der Waals surface area contributed by atoms with Crippen LogP contribution in [0.3, 0.4) is 0 Å². The molecule has 4 heteroatoms. The zero-order valence-corrected chi connectivity index (χ0v) is 6.76. The van der Waals surface area contributed by atoms with E-state index in [1.165, 1.54) is 0 Å². The first-order valence-electron chi connectivity index (χ1n) is 3.68. The molecule has 0 aromatic heterocycles. The molecule has 1 aliphatic heterocycles. The number of nitrogens with two attached hydrogens (primary N) is 1. The molecule has 0 amide bonds. The SMILES string of the molecule is CNc1cc2c(cc1N)OCO2. The highest BCUT2D eigenvalue weighted by Gasteiger charge is 2.15. The Labute approximate surface area is 70.3 Å². The highest BCUT2D eigenvalue weighted by Crippen LogP contribution is 2.37. The number of hydrogen-bond donors (Lipinski definition) is 2. The zero-order valence-electron chi connectivity index (χ0n) is 6.76. The van der Waals surface area contributed by atoms with Crippen LogP contribution in [0.1, 0.15) is 0 Å². The lowest BCUT2D eigenvalue weighted by Gasteiger charge is -2.05. The highest BCUT2D eigenvalue weighted by molar-refractivity contribution is 5.72. The molecule has 3 N–H and O–H groups in total. The molecule has 0 saturated carbocycles. The molecule has 0 radical (unpaired) electrons. The Morgan fingerprint density at radius 1 is 1.33 bits per heavy atom. The van der Waals surface area contributed by atoms with Crippen LogP contribution in [-0.2, 0) is 0 Å². The van der Waals surface area contributed by atoms with Gasteiger partial charge in [0.25, 0.3) is 0 Å². The Balaban J connectivity index is 2.49. The number of benzene rings is 1. The van der Waals surface area contributed by atoms with Crippen LogP contribution in [0.25, 0.3) is 0 Å². The second-order valence-electron chi connectivity index (χ2n) is 2.54. The maximum absolute atomic E-state index is 5.71. The smallest absolute Gasteiger partial charge is 0.231 e. The van der Waals surface area contributed by atoms with Crippen LogP contribution in [0.4, 0.5) is 11.4 Å². The summed E-state index contributed by atoms with van der Waals surface area (Å²) in [7, 11) is 1.81. The Morgan fingerprint density at radius 2 is 2.00 bits per heavy atom. The Morgan fingerprint density at radius 3 is 2.67 bits per heavy atom. The number of anilines is 2. The fraction of sp³-hybridized carbons (Fsp3) is 0.250. The average Bonchev–Trinajstić information content (AvgIpc) is 2.49. The van der Waals surface area contributed by atoms with Gasteiger partial charge in [0.2, 0.25) is 6.79 Å². The van der Waals surface area contributed by atoms with E-state index < -0.39 is 0 Å². The van der Waals surface area contributed by atoms with E-state index in [4.69, 9.17) is 15.2 Å². The summed E-state index contributed by atoms with van der Waals surface area (Å²) in [5.74, 6) is 1.46. The van der Waals surface area contributed by atoms with Crippen molar-refractivity contribution in [1.29, 1.82) is 0 Å². The first-order chi connectivity index (χ1) is 5.81. The Bertz CT molecular complexity index is 311. The van der Waals surface area contributed by atoms with E-state index in [0.717, 1.165) is 11.4 Å². The predicted octanol–water partition coefficient (Wildman–Crippen LogP) is 1.04. The lowest BCUT2D eigenvalue weighted by molar-refractivity contribution is 0.174. The molecule has 0 atom stereocenters. The molecule has 1 heterocycles. The number of nitrogen functional groups attached to an aromatic ring is 1. The summed E-state index contributed by atoms with van der Waals surface area (Å²) in [5, 5.41) is 2.96. The van der Waals surface area contributed by atoms with Gasteiger partial charge in [0.1, 0.15) is 0 Å². The van der Waals surface area contributed by atoms with Gasteiger partial charge in [0, 0.05) is 19.2 Å². The van der Waals surface area contributed by atoms with Crippen molar-refractivity contribution in [3.8, 4) is 11.5 Å². The standard InChI is InChI=1S/C8H10N2O2/c1-10-6-3-8-7(2-5(6)9)11-4-12-8/h2-3,10H,4,9H2,1H3. The van der Waals surface area contributed by atoms with E-state index in [2.05, 4.69) is 5.32 Å². The number of fused-ring (bicyclic) bond motifs is 1. The summed E-state index contributed by atoms with van der Waals surface area (Å²) in [4.78, 5) is 0. The zero-order chi connectivity index (χ0) is 8.55. The van der Waals surface area contributed by atoms with Crippen molar-refractivity contribution in [1.82, 2.24) is 0 Å². The van der Waals surface area contributed by atoms with Crippen molar-refractivity contribution >= 4 is 11.4 Å². The summed E-state index contributed by atoms with van der Waals surface area (Å²) in [6, 6.07) is 3.59. The summed E-state index contributed by atoms with van der Waals surface area (Å²) in [6.45, 7) is 0.280. The molecule has 0 unspecified atom stereocenters. The van der Waals surface area contributed by atoms with E-state index in [1.807, 2.05) is 13.1 Å². The third-order valence-electron chi connectivity index (χ3n) is 1.81. The maximum Gasteiger partial charge on any atom is 0.231 e. The summed E-state index contributed by atoms with van der Waals surface area (Å²) in [6.07, 6.45) is 0. The molecular formula is C8H10N2O2. The minimum atomic E-state index is 0.280. The van der Waals surface area contributed by atoms with Crippen molar-refractivity contribution < 1.29 is 9.47 Å². The van der Waals surface area contributed by atoms with Gasteiger partial charge in [-0.2, -0.15) is 0 Å². The predicted molar refractivity (Wildman–Crippen MR) is 46.5 cm³/mol. The molecular weight excluding hydrogens is 156 g/mol. The van der Waals surface area contributed by atoms with Crippen LogP contribution in [0.2, 0.25) is 0 Å². The van der Waals surface area contributed by atoms with Gasteiger partial charge in [-0.05, 0) is 0 Å². The van der Waals surface area contributed by atoms with Crippen LogP contribution >= 0.6 is 0 Å². The largest absolute Gasteiger partial charge is 0.454 e. The fourth-order valence-corrected chi connectivity index (χ4v) is 1.17. The van der Waals surface area contributed by atoms with Crippen LogP contribution in [0.15, 0.2) is 12.1 Å². The van der Waals surface area contributed by atoms with Crippen LogP contribution in [0, 0.1) is 0 Å². The molecule has 0 aliphatic carbocycles. The van der Waals surface area contributed by atoms with Crippen molar-refractivity contribution in [3.63, 3.8) is 0 Å². The number of ether oxygens (including phenoxy) is 2. The first kappa shape index (κ1) is 7.09. The van der Waals surface area contributed by atoms with Gasteiger partial charge in [0.15, 0.2) is 11.5 Å². The third kappa shape index (κ3) is 0.922. The second-order valence-corrected chi connectivity index (χ2v) is 2.54. The minimum Gasteiger partial charge on any atom is -0.454 e. The Kier molecular flexibility index (Phi) is 1.46. The van der Waals surface area contributed by atoms with E-state index in [0.29, 0.717) is 11.4 Å². The molecule has 0 saturated heterocycles. The maximum atomic E-state index is 5.71. The van der Waals surface area contributed by atoms with Gasteiger partial charge in [-0.15, -0.1) is 0 Å². The summed E-state index contributed by atoms with van der Waals surface area (Å²) < 4.78 is 10.3. The van der Waals surface area contributed by atoms with Gasteiger partial charge in [0.05, 0.1) is 11.4 Å². The third-order valence-corrected chi connectivity index (χ3v) is 1.81. The molecule has 1 aromatic rings. The molecule has 0 spiro atoms. The van der Waals surface area contributed by atoms with Crippen molar-refractivity contribution in [2.45, 2.75) is 0 Å². The second kappa shape index (κ2) is 2.48. The van der Waals surface area contributed by atoms with Crippen molar-refractivity contribution in [3.05, 3.63) is 12.1 Å². The van der Waals surface area contributed by atoms with Crippen molar-refractivity contribution in [2.75, 3.05) is 24.9 Å². The monoisotopic (exact) mass is 166 g/mol. The van der Waals surface area contributed by atoms with Crippen LogP contribution in [0.5, 0.6) is 11.5 Å². The molecule has 4 nitrogen and oxygen atoms in total. The van der Waals surface area contributed by atoms with Gasteiger partial charge >= 0.3 is 0 Å². The van der Waals surface area contributed by atoms with E-state index in [9.17, 15) is 0 Å². The lowest BCUT2D eigenvalue weighted by Crippen LogP contribution is -1.94. The van der Waals surface area contributed by atoms with Gasteiger partial charge in [-0.1, -0.05) is 0 Å². The minimum absolute atomic E-state index is 0.280. The lowest BCUT2D eigenvalue weighted by atomic mass is 10.2. The van der Waals surface area contributed by atoms with Crippen LogP contribution < -0.4 is 20.5 Å². The van der Waals surface area contributed by atoms with E-state index in [1.54, 1.807) is 6.07 Å².